The molecule has 0 unspecified atom stereocenters. The molecule has 0 aliphatic heterocycles. The van der Waals surface area contributed by atoms with E-state index < -0.39 is 0 Å². The Morgan fingerprint density at radius 1 is 1.05 bits per heavy atom. The van der Waals surface area contributed by atoms with Gasteiger partial charge in [0.15, 0.2) is 0 Å². The molecule has 2 rings (SSSR count). The SMILES string of the molecule is FCCC1(CCCCl)C=CC(c2ccccc2)C=C1. The first-order chi connectivity index (χ1) is 9.29. The highest BCUT2D eigenvalue weighted by Crippen LogP contribution is 2.38. The molecular formula is C17H20ClF. The highest BCUT2D eigenvalue weighted by molar-refractivity contribution is 6.17. The molecule has 0 amide bonds. The molecule has 1 aromatic carbocycles. The van der Waals surface area contributed by atoms with Gasteiger partial charge in [0.05, 0.1) is 6.67 Å². The van der Waals surface area contributed by atoms with Crippen LogP contribution in [0.4, 0.5) is 4.39 Å². The van der Waals surface area contributed by atoms with Crippen molar-refractivity contribution in [2.75, 3.05) is 12.6 Å². The van der Waals surface area contributed by atoms with Gasteiger partial charge in [-0.1, -0.05) is 54.6 Å². The van der Waals surface area contributed by atoms with E-state index in [1.54, 1.807) is 0 Å². The Morgan fingerprint density at radius 3 is 2.32 bits per heavy atom. The third kappa shape index (κ3) is 3.70. The highest BCUT2D eigenvalue weighted by Gasteiger charge is 2.26. The molecule has 19 heavy (non-hydrogen) atoms. The molecule has 2 heteroatoms. The van der Waals surface area contributed by atoms with Gasteiger partial charge in [0.2, 0.25) is 0 Å². The molecule has 0 saturated heterocycles. The number of rotatable bonds is 6. The Balaban J connectivity index is 2.10. The number of hydrogen-bond acceptors (Lipinski definition) is 0. The molecule has 0 heterocycles. The van der Waals surface area contributed by atoms with E-state index in [1.807, 2.05) is 18.2 Å². The zero-order valence-corrected chi connectivity index (χ0v) is 11.8. The Hall–Kier alpha value is -1.08. The molecule has 1 aliphatic carbocycles. The van der Waals surface area contributed by atoms with Crippen LogP contribution in [0.2, 0.25) is 0 Å². The smallest absolute Gasteiger partial charge is 0.0905 e. The van der Waals surface area contributed by atoms with E-state index in [9.17, 15) is 4.39 Å². The second kappa shape index (κ2) is 6.91. The van der Waals surface area contributed by atoms with Crippen molar-refractivity contribution < 1.29 is 4.39 Å². The van der Waals surface area contributed by atoms with E-state index in [2.05, 4.69) is 36.4 Å². The van der Waals surface area contributed by atoms with Crippen LogP contribution in [-0.4, -0.2) is 12.6 Å². The summed E-state index contributed by atoms with van der Waals surface area (Å²) in [7, 11) is 0. The fraction of sp³-hybridized carbons (Fsp3) is 0.412. The average Bonchev–Trinajstić information content (AvgIpc) is 2.47. The topological polar surface area (TPSA) is 0 Å². The first kappa shape index (κ1) is 14.3. The van der Waals surface area contributed by atoms with Gasteiger partial charge in [-0.3, -0.25) is 4.39 Å². The summed E-state index contributed by atoms with van der Waals surface area (Å²) in [4.78, 5) is 0. The third-order valence-corrected chi connectivity index (χ3v) is 4.06. The van der Waals surface area contributed by atoms with Gasteiger partial charge in [0, 0.05) is 17.2 Å². The van der Waals surface area contributed by atoms with E-state index in [4.69, 9.17) is 11.6 Å². The first-order valence-electron chi connectivity index (χ1n) is 6.85. The van der Waals surface area contributed by atoms with Crippen molar-refractivity contribution in [1.82, 2.24) is 0 Å². The van der Waals surface area contributed by atoms with Gasteiger partial charge >= 0.3 is 0 Å². The minimum atomic E-state index is -0.285. The molecule has 1 aliphatic rings. The van der Waals surface area contributed by atoms with Crippen molar-refractivity contribution in [3.05, 3.63) is 60.2 Å². The summed E-state index contributed by atoms with van der Waals surface area (Å²) in [6.45, 7) is -0.285. The van der Waals surface area contributed by atoms with Gasteiger partial charge in [-0.15, -0.1) is 11.6 Å². The molecule has 1 aromatic rings. The van der Waals surface area contributed by atoms with Crippen molar-refractivity contribution in [2.24, 2.45) is 5.41 Å². The molecule has 0 saturated carbocycles. The summed E-state index contributed by atoms with van der Waals surface area (Å²) in [6, 6.07) is 10.4. The maximum absolute atomic E-state index is 12.8. The van der Waals surface area contributed by atoms with Crippen LogP contribution in [-0.2, 0) is 0 Å². The van der Waals surface area contributed by atoms with Crippen molar-refractivity contribution in [2.45, 2.75) is 25.2 Å². The minimum absolute atomic E-state index is 0.130. The number of alkyl halides is 2. The van der Waals surface area contributed by atoms with Crippen LogP contribution in [0, 0.1) is 5.41 Å². The highest BCUT2D eigenvalue weighted by atomic mass is 35.5. The van der Waals surface area contributed by atoms with Gasteiger partial charge in [-0.2, -0.15) is 0 Å². The Labute approximate surface area is 120 Å². The zero-order chi connectivity index (χ0) is 13.6. The standard InChI is InChI=1S/C17H20ClF/c18-13-4-9-17(12-14-19)10-7-16(8-11-17)15-5-2-1-3-6-15/h1-3,5-8,10-11,16H,4,9,12-14H2. The van der Waals surface area contributed by atoms with Crippen LogP contribution in [0.5, 0.6) is 0 Å². The Morgan fingerprint density at radius 2 is 1.74 bits per heavy atom. The summed E-state index contributed by atoms with van der Waals surface area (Å²) in [5.74, 6) is 0.947. The van der Waals surface area contributed by atoms with E-state index in [1.165, 1.54) is 5.56 Å². The average molecular weight is 279 g/mol. The van der Waals surface area contributed by atoms with Crippen LogP contribution in [0.15, 0.2) is 54.6 Å². The van der Waals surface area contributed by atoms with Crippen molar-refractivity contribution in [3.8, 4) is 0 Å². The quantitative estimate of drug-likeness (QED) is 0.492. The van der Waals surface area contributed by atoms with Gasteiger partial charge in [0.25, 0.3) is 0 Å². The predicted molar refractivity (Wildman–Crippen MR) is 80.4 cm³/mol. The number of benzene rings is 1. The number of halogens is 2. The normalized spacial score (nSPS) is 25.7. The van der Waals surface area contributed by atoms with Crippen LogP contribution >= 0.6 is 11.6 Å². The lowest BCUT2D eigenvalue weighted by Crippen LogP contribution is -2.19. The number of allylic oxidation sites excluding steroid dienone is 4. The summed E-state index contributed by atoms with van der Waals surface area (Å²) in [5.41, 5.74) is 1.15. The van der Waals surface area contributed by atoms with Gasteiger partial charge in [-0.25, -0.2) is 0 Å². The lowest BCUT2D eigenvalue weighted by Gasteiger charge is -2.30. The van der Waals surface area contributed by atoms with Gasteiger partial charge in [0.1, 0.15) is 0 Å². The van der Waals surface area contributed by atoms with E-state index >= 15 is 0 Å². The molecule has 0 radical (unpaired) electrons. The maximum atomic E-state index is 12.8. The minimum Gasteiger partial charge on any atom is -0.251 e. The van der Waals surface area contributed by atoms with Crippen molar-refractivity contribution >= 4 is 11.6 Å². The molecule has 0 atom stereocenters. The van der Waals surface area contributed by atoms with Gasteiger partial charge in [-0.05, 0) is 24.8 Å². The molecular weight excluding hydrogens is 259 g/mol. The van der Waals surface area contributed by atoms with Crippen LogP contribution in [0.25, 0.3) is 0 Å². The van der Waals surface area contributed by atoms with Crippen LogP contribution < -0.4 is 0 Å². The summed E-state index contributed by atoms with van der Waals surface area (Å²) in [5, 5.41) is 0. The maximum Gasteiger partial charge on any atom is 0.0905 e. The van der Waals surface area contributed by atoms with E-state index in [-0.39, 0.29) is 12.1 Å². The molecule has 0 nitrogen and oxygen atoms in total. The lowest BCUT2D eigenvalue weighted by atomic mass is 9.75. The Kier molecular flexibility index (Phi) is 5.21. The van der Waals surface area contributed by atoms with E-state index in [0.29, 0.717) is 18.2 Å². The first-order valence-corrected chi connectivity index (χ1v) is 7.39. The lowest BCUT2D eigenvalue weighted by molar-refractivity contribution is 0.338. The molecule has 0 spiro atoms. The van der Waals surface area contributed by atoms with Crippen LogP contribution in [0.3, 0.4) is 0 Å². The fourth-order valence-electron chi connectivity index (χ4n) is 2.64. The Bertz CT molecular complexity index is 422. The molecule has 0 N–H and O–H groups in total. The van der Waals surface area contributed by atoms with E-state index in [0.717, 1.165) is 12.8 Å². The zero-order valence-electron chi connectivity index (χ0n) is 11.1. The second-order valence-electron chi connectivity index (χ2n) is 5.12. The molecule has 0 fully saturated rings. The van der Waals surface area contributed by atoms with Gasteiger partial charge < -0.3 is 0 Å². The summed E-state index contributed by atoms with van der Waals surface area (Å²) >= 11 is 5.77. The summed E-state index contributed by atoms with van der Waals surface area (Å²) in [6.07, 6.45) is 11.1. The second-order valence-corrected chi connectivity index (χ2v) is 5.50. The largest absolute Gasteiger partial charge is 0.251 e. The number of hydrogen-bond donors (Lipinski definition) is 0. The molecule has 102 valence electrons. The molecule has 0 aromatic heterocycles. The summed E-state index contributed by atoms with van der Waals surface area (Å²) < 4.78 is 12.8. The van der Waals surface area contributed by atoms with Crippen molar-refractivity contribution in [3.63, 3.8) is 0 Å². The fourth-order valence-corrected chi connectivity index (χ4v) is 2.77. The van der Waals surface area contributed by atoms with Crippen molar-refractivity contribution in [1.29, 1.82) is 0 Å². The van der Waals surface area contributed by atoms with Crippen LogP contribution in [0.1, 0.15) is 30.7 Å². The monoisotopic (exact) mass is 278 g/mol. The molecule has 0 bridgehead atoms. The third-order valence-electron chi connectivity index (χ3n) is 3.79. The predicted octanol–water partition coefficient (Wildman–Crippen LogP) is 5.26.